The van der Waals surface area contributed by atoms with E-state index >= 15 is 0 Å². The van der Waals surface area contributed by atoms with Gasteiger partial charge in [-0.1, -0.05) is 45.2 Å². The van der Waals surface area contributed by atoms with Crippen molar-refractivity contribution >= 4 is 11.9 Å². The van der Waals surface area contributed by atoms with Crippen molar-refractivity contribution in [3.05, 3.63) is 29.8 Å². The highest BCUT2D eigenvalue weighted by Gasteiger charge is 2.29. The van der Waals surface area contributed by atoms with Crippen LogP contribution in [0.4, 0.5) is 0 Å². The van der Waals surface area contributed by atoms with Gasteiger partial charge in [-0.25, -0.2) is 0 Å². The van der Waals surface area contributed by atoms with Gasteiger partial charge in [-0.3, -0.25) is 9.59 Å². The minimum atomic E-state index is -0.339. The minimum Gasteiger partial charge on any atom is -0.484 e. The van der Waals surface area contributed by atoms with Crippen molar-refractivity contribution in [3.63, 3.8) is 0 Å². The minimum absolute atomic E-state index is 0.00242. The number of methoxy groups -OCH3 is 1. The van der Waals surface area contributed by atoms with Gasteiger partial charge < -0.3 is 14.4 Å². The second-order valence-electron chi connectivity index (χ2n) is 7.05. The zero-order chi connectivity index (χ0) is 18.9. The standard InChI is InChI=1S/C21H31NO4/c1-4-17-9-8-12-19(13-17)26-15-20(23)22(14-16(2)21(24)25-3)18-10-6-5-7-11-18/h8-9,12-13,16,18H,4-7,10-11,14-15H2,1-3H3. The van der Waals surface area contributed by atoms with E-state index in [1.807, 2.05) is 29.2 Å². The van der Waals surface area contributed by atoms with E-state index in [1.165, 1.54) is 19.1 Å². The van der Waals surface area contributed by atoms with Gasteiger partial charge in [-0.05, 0) is 37.0 Å². The summed E-state index contributed by atoms with van der Waals surface area (Å²) in [6.07, 6.45) is 6.37. The molecular formula is C21H31NO4. The van der Waals surface area contributed by atoms with Crippen LogP contribution in [0.2, 0.25) is 0 Å². The third-order valence-corrected chi connectivity index (χ3v) is 5.08. The molecule has 1 atom stereocenters. The second-order valence-corrected chi connectivity index (χ2v) is 7.05. The average Bonchev–Trinajstić information content (AvgIpc) is 2.70. The summed E-state index contributed by atoms with van der Waals surface area (Å²) in [6.45, 7) is 4.27. The quantitative estimate of drug-likeness (QED) is 0.664. The van der Waals surface area contributed by atoms with E-state index in [4.69, 9.17) is 9.47 Å². The first-order chi connectivity index (χ1) is 12.5. The van der Waals surface area contributed by atoms with E-state index in [9.17, 15) is 9.59 Å². The lowest BCUT2D eigenvalue weighted by atomic mass is 9.93. The van der Waals surface area contributed by atoms with Crippen LogP contribution in [0, 0.1) is 5.92 Å². The lowest BCUT2D eigenvalue weighted by Crippen LogP contribution is -2.47. The maximum atomic E-state index is 12.9. The van der Waals surface area contributed by atoms with Crippen molar-refractivity contribution in [1.82, 2.24) is 4.90 Å². The summed E-state index contributed by atoms with van der Waals surface area (Å²) in [5.74, 6) is 0.0290. The SMILES string of the molecule is CCc1cccc(OCC(=O)N(CC(C)C(=O)OC)C2CCCCC2)c1. The lowest BCUT2D eigenvalue weighted by Gasteiger charge is -2.35. The van der Waals surface area contributed by atoms with E-state index in [1.54, 1.807) is 6.92 Å². The second kappa shape index (κ2) is 10.2. The molecule has 1 aliphatic rings. The molecule has 1 aromatic carbocycles. The molecule has 0 heterocycles. The fourth-order valence-corrected chi connectivity index (χ4v) is 3.50. The summed E-state index contributed by atoms with van der Waals surface area (Å²) in [7, 11) is 1.38. The number of hydrogen-bond donors (Lipinski definition) is 0. The molecule has 1 fully saturated rings. The summed E-state index contributed by atoms with van der Waals surface area (Å²) in [5.41, 5.74) is 1.18. The number of esters is 1. The van der Waals surface area contributed by atoms with E-state index < -0.39 is 0 Å². The Bertz CT molecular complexity index is 595. The molecule has 1 saturated carbocycles. The summed E-state index contributed by atoms with van der Waals surface area (Å²) in [5, 5.41) is 0. The van der Waals surface area contributed by atoms with Crippen molar-refractivity contribution in [3.8, 4) is 5.75 Å². The Kier molecular flexibility index (Phi) is 7.95. The summed E-state index contributed by atoms with van der Waals surface area (Å²) in [4.78, 5) is 26.5. The zero-order valence-electron chi connectivity index (χ0n) is 16.2. The van der Waals surface area contributed by atoms with Crippen molar-refractivity contribution in [2.45, 2.75) is 58.4 Å². The number of ether oxygens (including phenoxy) is 2. The Morgan fingerprint density at radius 3 is 2.62 bits per heavy atom. The van der Waals surface area contributed by atoms with Crippen LogP contribution in [0.5, 0.6) is 5.75 Å². The third-order valence-electron chi connectivity index (χ3n) is 5.08. The lowest BCUT2D eigenvalue weighted by molar-refractivity contribution is -0.147. The fraction of sp³-hybridized carbons (Fsp3) is 0.619. The van der Waals surface area contributed by atoms with E-state index in [-0.39, 0.29) is 30.4 Å². The largest absolute Gasteiger partial charge is 0.484 e. The molecule has 144 valence electrons. The number of carbonyl (C=O) groups is 2. The average molecular weight is 361 g/mol. The molecule has 0 spiro atoms. The van der Waals surface area contributed by atoms with Crippen LogP contribution in [0.15, 0.2) is 24.3 Å². The van der Waals surface area contributed by atoms with Crippen LogP contribution in [-0.4, -0.2) is 43.1 Å². The number of carbonyl (C=O) groups excluding carboxylic acids is 2. The molecule has 0 bridgehead atoms. The van der Waals surface area contributed by atoms with Gasteiger partial charge in [0.2, 0.25) is 0 Å². The smallest absolute Gasteiger partial charge is 0.310 e. The monoisotopic (exact) mass is 361 g/mol. The van der Waals surface area contributed by atoms with Crippen molar-refractivity contribution in [1.29, 1.82) is 0 Å². The van der Waals surface area contributed by atoms with Crippen molar-refractivity contribution in [2.24, 2.45) is 5.92 Å². The maximum absolute atomic E-state index is 12.9. The summed E-state index contributed by atoms with van der Waals surface area (Å²) in [6, 6.07) is 8.01. The zero-order valence-corrected chi connectivity index (χ0v) is 16.2. The van der Waals surface area contributed by atoms with Gasteiger partial charge in [0.25, 0.3) is 5.91 Å². The molecule has 1 amide bonds. The molecule has 5 heteroatoms. The predicted molar refractivity (Wildman–Crippen MR) is 101 cm³/mol. The molecule has 0 aromatic heterocycles. The first-order valence-electron chi connectivity index (χ1n) is 9.64. The molecular weight excluding hydrogens is 330 g/mol. The van der Waals surface area contributed by atoms with Crippen LogP contribution < -0.4 is 4.74 Å². The molecule has 0 radical (unpaired) electrons. The molecule has 1 aromatic rings. The highest BCUT2D eigenvalue weighted by Crippen LogP contribution is 2.24. The normalized spacial score (nSPS) is 16.0. The van der Waals surface area contributed by atoms with Crippen LogP contribution in [-0.2, 0) is 20.7 Å². The van der Waals surface area contributed by atoms with Crippen molar-refractivity contribution in [2.75, 3.05) is 20.3 Å². The Hall–Kier alpha value is -2.04. The number of rotatable bonds is 8. The van der Waals surface area contributed by atoms with Gasteiger partial charge in [0.15, 0.2) is 6.61 Å². The number of benzene rings is 1. The van der Waals surface area contributed by atoms with Crippen LogP contribution in [0.25, 0.3) is 0 Å². The number of amides is 1. The Morgan fingerprint density at radius 2 is 1.96 bits per heavy atom. The third kappa shape index (κ3) is 5.75. The molecule has 5 nitrogen and oxygen atoms in total. The highest BCUT2D eigenvalue weighted by atomic mass is 16.5. The number of hydrogen-bond acceptors (Lipinski definition) is 4. The molecule has 26 heavy (non-hydrogen) atoms. The number of aryl methyl sites for hydroxylation is 1. The number of nitrogens with zero attached hydrogens (tertiary/aromatic N) is 1. The van der Waals surface area contributed by atoms with Gasteiger partial charge in [-0.2, -0.15) is 0 Å². The van der Waals surface area contributed by atoms with Gasteiger partial charge >= 0.3 is 5.97 Å². The van der Waals surface area contributed by atoms with Crippen LogP contribution >= 0.6 is 0 Å². The first-order valence-corrected chi connectivity index (χ1v) is 9.64. The predicted octanol–water partition coefficient (Wildman–Crippen LogP) is 3.60. The Labute approximate surface area is 156 Å². The molecule has 0 N–H and O–H groups in total. The van der Waals surface area contributed by atoms with Gasteiger partial charge in [0.1, 0.15) is 5.75 Å². The Balaban J connectivity index is 2.02. The van der Waals surface area contributed by atoms with E-state index in [2.05, 4.69) is 6.92 Å². The summed E-state index contributed by atoms with van der Waals surface area (Å²) < 4.78 is 10.6. The van der Waals surface area contributed by atoms with Crippen LogP contribution in [0.3, 0.4) is 0 Å². The topological polar surface area (TPSA) is 55.8 Å². The highest BCUT2D eigenvalue weighted by molar-refractivity contribution is 5.79. The maximum Gasteiger partial charge on any atom is 0.310 e. The van der Waals surface area contributed by atoms with Gasteiger partial charge in [-0.15, -0.1) is 0 Å². The van der Waals surface area contributed by atoms with Gasteiger partial charge in [0.05, 0.1) is 13.0 Å². The summed E-state index contributed by atoms with van der Waals surface area (Å²) >= 11 is 0. The molecule has 1 aliphatic carbocycles. The first kappa shape index (κ1) is 20.3. The molecule has 0 saturated heterocycles. The van der Waals surface area contributed by atoms with Crippen molar-refractivity contribution < 1.29 is 19.1 Å². The van der Waals surface area contributed by atoms with Gasteiger partial charge in [0, 0.05) is 12.6 Å². The van der Waals surface area contributed by atoms with E-state index in [0.29, 0.717) is 12.3 Å². The fourth-order valence-electron chi connectivity index (χ4n) is 3.50. The molecule has 2 rings (SSSR count). The Morgan fingerprint density at radius 1 is 1.23 bits per heavy atom. The van der Waals surface area contributed by atoms with Crippen LogP contribution in [0.1, 0.15) is 51.5 Å². The van der Waals surface area contributed by atoms with E-state index in [0.717, 1.165) is 32.1 Å². The molecule has 1 unspecified atom stereocenters. The molecule has 0 aliphatic heterocycles.